The third-order valence-electron chi connectivity index (χ3n) is 6.60. The van der Waals surface area contributed by atoms with Crippen LogP contribution >= 0.6 is 27.3 Å². The molecule has 0 spiro atoms. The molecule has 5 aromatic rings. The third kappa shape index (κ3) is 6.08. The van der Waals surface area contributed by atoms with Gasteiger partial charge in [0.2, 0.25) is 0 Å². The first-order valence-corrected chi connectivity index (χ1v) is 14.5. The van der Waals surface area contributed by atoms with E-state index >= 15 is 0 Å². The third-order valence-corrected chi connectivity index (χ3v) is 8.24. The molecule has 210 valence electrons. The average molecular weight is 646 g/mol. The van der Waals surface area contributed by atoms with Crippen LogP contribution in [0.5, 0.6) is 0 Å². The number of ether oxygens (including phenoxy) is 1. The van der Waals surface area contributed by atoms with Gasteiger partial charge in [-0.25, -0.2) is 9.37 Å². The van der Waals surface area contributed by atoms with Gasteiger partial charge < -0.3 is 15.0 Å². The van der Waals surface area contributed by atoms with Crippen LogP contribution in [0.1, 0.15) is 15.9 Å². The monoisotopic (exact) mass is 644 g/mol. The minimum absolute atomic E-state index is 0.106. The lowest BCUT2D eigenvalue weighted by molar-refractivity contribution is -0.120. The number of fused-ring (bicyclic) bond motifs is 1. The number of hydrogen-bond donors (Lipinski definition) is 2. The first-order valence-electron chi connectivity index (χ1n) is 12.9. The van der Waals surface area contributed by atoms with Crippen LogP contribution in [0.3, 0.4) is 0 Å². The van der Waals surface area contributed by atoms with E-state index < -0.39 is 29.8 Å². The van der Waals surface area contributed by atoms with E-state index in [1.807, 2.05) is 30.3 Å². The SMILES string of the molecule is O=C(Nc1nc2ccccc2s1)c1ccc(N(Cc2ccc(F)cc2)C(=O)[C@H]2O[C@@H]2C(=O)Nc2ccccc2Br)cc1. The Balaban J connectivity index is 1.19. The van der Waals surface area contributed by atoms with Gasteiger partial charge in [-0.15, -0.1) is 0 Å². The molecular weight excluding hydrogens is 623 g/mol. The van der Waals surface area contributed by atoms with Gasteiger partial charge >= 0.3 is 0 Å². The molecule has 11 heteroatoms. The van der Waals surface area contributed by atoms with Gasteiger partial charge in [-0.05, 0) is 82.2 Å². The van der Waals surface area contributed by atoms with E-state index in [4.69, 9.17) is 4.74 Å². The molecule has 8 nitrogen and oxygen atoms in total. The van der Waals surface area contributed by atoms with Crippen LogP contribution < -0.4 is 15.5 Å². The number of nitrogens with one attached hydrogen (secondary N) is 2. The molecule has 3 amide bonds. The van der Waals surface area contributed by atoms with Gasteiger partial charge in [-0.1, -0.05) is 47.7 Å². The van der Waals surface area contributed by atoms with Gasteiger partial charge in [0.05, 0.1) is 22.4 Å². The van der Waals surface area contributed by atoms with Crippen molar-refractivity contribution in [2.45, 2.75) is 18.8 Å². The van der Waals surface area contributed by atoms with Crippen LogP contribution in [-0.2, 0) is 20.9 Å². The topological polar surface area (TPSA) is 104 Å². The van der Waals surface area contributed by atoms with E-state index in [0.29, 0.717) is 32.1 Å². The smallest absolute Gasteiger partial charge is 0.259 e. The lowest BCUT2D eigenvalue weighted by atomic mass is 10.1. The van der Waals surface area contributed by atoms with Crippen molar-refractivity contribution < 1.29 is 23.5 Å². The summed E-state index contributed by atoms with van der Waals surface area (Å²) in [5.41, 5.74) is 2.90. The number of carbonyl (C=O) groups is 3. The van der Waals surface area contributed by atoms with Gasteiger partial charge in [0, 0.05) is 15.7 Å². The summed E-state index contributed by atoms with van der Waals surface area (Å²) >= 11 is 4.76. The number of amides is 3. The summed E-state index contributed by atoms with van der Waals surface area (Å²) in [5, 5.41) is 6.07. The summed E-state index contributed by atoms with van der Waals surface area (Å²) in [6.07, 6.45) is -1.95. The Labute approximate surface area is 252 Å². The number of hydrogen-bond acceptors (Lipinski definition) is 6. The van der Waals surface area contributed by atoms with Crippen molar-refractivity contribution >= 4 is 71.7 Å². The Morgan fingerprint density at radius 2 is 1.60 bits per heavy atom. The number of epoxide rings is 1. The number of anilines is 3. The molecule has 0 bridgehead atoms. The molecule has 6 rings (SSSR count). The predicted octanol–water partition coefficient (Wildman–Crippen LogP) is 6.39. The van der Waals surface area contributed by atoms with Crippen molar-refractivity contribution in [2.75, 3.05) is 15.5 Å². The molecule has 2 atom stereocenters. The molecule has 1 saturated heterocycles. The number of benzene rings is 4. The Kier molecular flexibility index (Phi) is 7.79. The largest absolute Gasteiger partial charge is 0.349 e. The van der Waals surface area contributed by atoms with E-state index in [1.165, 1.54) is 28.4 Å². The zero-order valence-corrected chi connectivity index (χ0v) is 24.2. The first kappa shape index (κ1) is 27.7. The molecule has 1 aromatic heterocycles. The molecule has 1 aliphatic heterocycles. The second kappa shape index (κ2) is 11.8. The number of aromatic nitrogens is 1. The van der Waals surface area contributed by atoms with Gasteiger partial charge in [-0.3, -0.25) is 19.7 Å². The van der Waals surface area contributed by atoms with E-state index in [9.17, 15) is 18.8 Å². The lowest BCUT2D eigenvalue weighted by Crippen LogP contribution is -2.36. The van der Waals surface area contributed by atoms with Crippen LogP contribution in [0.25, 0.3) is 10.2 Å². The van der Waals surface area contributed by atoms with Crippen molar-refractivity contribution in [3.8, 4) is 0 Å². The van der Waals surface area contributed by atoms with Crippen LogP contribution in [-0.4, -0.2) is 34.9 Å². The summed E-state index contributed by atoms with van der Waals surface area (Å²) < 4.78 is 20.7. The van der Waals surface area contributed by atoms with Crippen molar-refractivity contribution in [2.24, 2.45) is 0 Å². The lowest BCUT2D eigenvalue weighted by Gasteiger charge is -2.23. The van der Waals surface area contributed by atoms with E-state index in [0.717, 1.165) is 10.2 Å². The second-order valence-corrected chi connectivity index (χ2v) is 11.4. The maximum atomic E-state index is 13.6. The molecule has 1 aliphatic rings. The Hall–Kier alpha value is -4.45. The number of thiazole rings is 1. The quantitative estimate of drug-likeness (QED) is 0.191. The van der Waals surface area contributed by atoms with Crippen LogP contribution in [0.2, 0.25) is 0 Å². The number of nitrogens with zero attached hydrogens (tertiary/aromatic N) is 2. The second-order valence-electron chi connectivity index (χ2n) is 9.48. The number of para-hydroxylation sites is 2. The van der Waals surface area contributed by atoms with Crippen molar-refractivity contribution in [3.63, 3.8) is 0 Å². The van der Waals surface area contributed by atoms with Gasteiger partial charge in [-0.2, -0.15) is 0 Å². The summed E-state index contributed by atoms with van der Waals surface area (Å²) in [4.78, 5) is 45.2. The Morgan fingerprint density at radius 1 is 0.881 bits per heavy atom. The van der Waals surface area contributed by atoms with Crippen molar-refractivity contribution in [3.05, 3.63) is 118 Å². The maximum Gasteiger partial charge on any atom is 0.259 e. The minimum Gasteiger partial charge on any atom is -0.349 e. The molecule has 0 unspecified atom stereocenters. The fourth-order valence-corrected chi connectivity index (χ4v) is 5.62. The fraction of sp³-hybridized carbons (Fsp3) is 0.0968. The van der Waals surface area contributed by atoms with Gasteiger partial charge in [0.15, 0.2) is 17.3 Å². The van der Waals surface area contributed by atoms with E-state index in [-0.39, 0.29) is 12.5 Å². The van der Waals surface area contributed by atoms with E-state index in [1.54, 1.807) is 54.6 Å². The summed E-state index contributed by atoms with van der Waals surface area (Å²) in [6.45, 7) is 0.106. The van der Waals surface area contributed by atoms with Crippen LogP contribution in [0.15, 0.2) is 102 Å². The summed E-state index contributed by atoms with van der Waals surface area (Å²) in [6, 6.07) is 27.0. The number of rotatable bonds is 8. The summed E-state index contributed by atoms with van der Waals surface area (Å²) in [5.74, 6) is -1.61. The minimum atomic E-state index is -0.991. The van der Waals surface area contributed by atoms with Gasteiger partial charge in [0.1, 0.15) is 5.82 Å². The molecule has 2 N–H and O–H groups in total. The molecule has 4 aromatic carbocycles. The van der Waals surface area contributed by atoms with Crippen molar-refractivity contribution in [1.82, 2.24) is 4.98 Å². The highest BCUT2D eigenvalue weighted by Crippen LogP contribution is 2.31. The molecular formula is C31H22BrFN4O4S. The average Bonchev–Trinajstić information content (AvgIpc) is 3.70. The molecule has 0 radical (unpaired) electrons. The molecule has 2 heterocycles. The van der Waals surface area contributed by atoms with E-state index in [2.05, 4.69) is 31.5 Å². The zero-order valence-electron chi connectivity index (χ0n) is 21.8. The number of carbonyl (C=O) groups excluding carboxylic acids is 3. The highest BCUT2D eigenvalue weighted by atomic mass is 79.9. The zero-order chi connectivity index (χ0) is 29.2. The van der Waals surface area contributed by atoms with Crippen LogP contribution in [0.4, 0.5) is 20.9 Å². The molecule has 1 fully saturated rings. The molecule has 0 saturated carbocycles. The van der Waals surface area contributed by atoms with Crippen LogP contribution in [0, 0.1) is 5.82 Å². The van der Waals surface area contributed by atoms with Gasteiger partial charge in [0.25, 0.3) is 17.7 Å². The molecule has 0 aliphatic carbocycles. The normalized spacial score (nSPS) is 15.7. The Morgan fingerprint density at radius 3 is 2.33 bits per heavy atom. The number of halogens is 2. The first-order chi connectivity index (χ1) is 20.4. The highest BCUT2D eigenvalue weighted by molar-refractivity contribution is 9.10. The predicted molar refractivity (Wildman–Crippen MR) is 163 cm³/mol. The van der Waals surface area contributed by atoms with Crippen molar-refractivity contribution in [1.29, 1.82) is 0 Å². The molecule has 42 heavy (non-hydrogen) atoms. The summed E-state index contributed by atoms with van der Waals surface area (Å²) in [7, 11) is 0. The standard InChI is InChI=1S/C31H22BrFN4O4S/c32-22-5-1-2-6-23(22)34-29(39)26-27(41-26)30(40)37(17-18-9-13-20(33)14-10-18)21-15-11-19(12-16-21)28(38)36-31-35-24-7-3-4-8-25(24)42-31/h1-16,26-27H,17H2,(H,34,39)(H,35,36,38)/t26-,27-/m0/s1. The Bertz CT molecular complexity index is 1760. The fourth-order valence-electron chi connectivity index (χ4n) is 4.38. The highest BCUT2D eigenvalue weighted by Gasteiger charge is 2.52. The maximum absolute atomic E-state index is 13.6.